The molecule has 1 saturated heterocycles. The van der Waals surface area contributed by atoms with Crippen molar-refractivity contribution in [2.45, 2.75) is 6.61 Å². The summed E-state index contributed by atoms with van der Waals surface area (Å²) in [6.07, 6.45) is 1.71. The molecule has 2 aromatic rings. The number of nitrogens with zero attached hydrogens (tertiary/aromatic N) is 1. The van der Waals surface area contributed by atoms with E-state index in [0.717, 1.165) is 22.9 Å². The molecule has 0 spiro atoms. The predicted molar refractivity (Wildman–Crippen MR) is 114 cm³/mol. The van der Waals surface area contributed by atoms with E-state index in [0.29, 0.717) is 23.9 Å². The Kier molecular flexibility index (Phi) is 6.92. The molecular weight excluding hydrogens is 477 g/mol. The first-order valence-electron chi connectivity index (χ1n) is 8.29. The van der Waals surface area contributed by atoms with E-state index in [1.807, 2.05) is 48.5 Å². The molecular formula is C20H18INO4S. The maximum atomic E-state index is 12.5. The highest BCUT2D eigenvalue weighted by Gasteiger charge is 2.34. The van der Waals surface area contributed by atoms with Gasteiger partial charge in [0.1, 0.15) is 12.4 Å². The Labute approximate surface area is 175 Å². The maximum absolute atomic E-state index is 12.5. The van der Waals surface area contributed by atoms with Gasteiger partial charge in [0.15, 0.2) is 0 Å². The van der Waals surface area contributed by atoms with Gasteiger partial charge in [-0.2, -0.15) is 0 Å². The molecule has 0 N–H and O–H groups in total. The van der Waals surface area contributed by atoms with Gasteiger partial charge in [0.25, 0.3) is 11.1 Å². The number of carbonyl (C=O) groups excluding carboxylic acids is 2. The largest absolute Gasteiger partial charge is 0.488 e. The van der Waals surface area contributed by atoms with Crippen LogP contribution < -0.4 is 4.74 Å². The molecule has 2 aromatic carbocycles. The monoisotopic (exact) mass is 495 g/mol. The lowest BCUT2D eigenvalue weighted by Crippen LogP contribution is -2.31. The van der Waals surface area contributed by atoms with Crippen molar-refractivity contribution in [2.24, 2.45) is 0 Å². The molecule has 0 atom stereocenters. The van der Waals surface area contributed by atoms with E-state index in [4.69, 9.17) is 9.47 Å². The van der Waals surface area contributed by atoms with Crippen LogP contribution in [0.3, 0.4) is 0 Å². The molecule has 0 radical (unpaired) electrons. The molecule has 5 nitrogen and oxygen atoms in total. The van der Waals surface area contributed by atoms with Crippen molar-refractivity contribution in [3.05, 3.63) is 68.1 Å². The second-order valence-electron chi connectivity index (χ2n) is 5.78. The smallest absolute Gasteiger partial charge is 0.293 e. The molecule has 0 bridgehead atoms. The van der Waals surface area contributed by atoms with Crippen LogP contribution in [0.1, 0.15) is 11.1 Å². The van der Waals surface area contributed by atoms with Gasteiger partial charge in [-0.05, 0) is 64.2 Å². The third kappa shape index (κ3) is 5.12. The molecule has 2 amide bonds. The molecule has 0 saturated carbocycles. The van der Waals surface area contributed by atoms with Crippen LogP contribution in [0.15, 0.2) is 53.4 Å². The minimum Gasteiger partial charge on any atom is -0.488 e. The van der Waals surface area contributed by atoms with E-state index in [-0.39, 0.29) is 17.7 Å². The van der Waals surface area contributed by atoms with Crippen molar-refractivity contribution < 1.29 is 19.1 Å². The first-order valence-corrected chi connectivity index (χ1v) is 10.2. The van der Waals surface area contributed by atoms with Gasteiger partial charge < -0.3 is 9.47 Å². The zero-order valence-electron chi connectivity index (χ0n) is 14.7. The molecule has 140 valence electrons. The fourth-order valence-corrected chi connectivity index (χ4v) is 3.71. The number of thioether (sulfide) groups is 1. The van der Waals surface area contributed by atoms with E-state index in [9.17, 15) is 9.59 Å². The van der Waals surface area contributed by atoms with Crippen molar-refractivity contribution in [1.82, 2.24) is 4.90 Å². The Morgan fingerprint density at radius 1 is 1.11 bits per heavy atom. The van der Waals surface area contributed by atoms with Crippen LogP contribution >= 0.6 is 34.4 Å². The average molecular weight is 495 g/mol. The molecule has 1 fully saturated rings. The Balaban J connectivity index is 1.75. The SMILES string of the molecule is COCCN1C(=O)S/C(=C/c2ccccc2OCc2ccc(I)cc2)C1=O. The Hall–Kier alpha value is -1.84. The second-order valence-corrected chi connectivity index (χ2v) is 8.02. The normalized spacial score (nSPS) is 15.6. The molecule has 1 aliphatic heterocycles. The lowest BCUT2D eigenvalue weighted by atomic mass is 10.1. The molecule has 0 unspecified atom stereocenters. The van der Waals surface area contributed by atoms with Crippen LogP contribution in [0.25, 0.3) is 6.08 Å². The molecule has 0 aromatic heterocycles. The van der Waals surface area contributed by atoms with Gasteiger partial charge in [-0.15, -0.1) is 0 Å². The number of hydrogen-bond donors (Lipinski definition) is 0. The third-order valence-electron chi connectivity index (χ3n) is 3.91. The molecule has 27 heavy (non-hydrogen) atoms. The van der Waals surface area contributed by atoms with Gasteiger partial charge in [0, 0.05) is 16.2 Å². The Morgan fingerprint density at radius 3 is 2.59 bits per heavy atom. The number of methoxy groups -OCH3 is 1. The summed E-state index contributed by atoms with van der Waals surface area (Å²) in [6, 6.07) is 15.6. The van der Waals surface area contributed by atoms with Gasteiger partial charge in [0.05, 0.1) is 18.1 Å². The van der Waals surface area contributed by atoms with Crippen LogP contribution in [0, 0.1) is 3.57 Å². The third-order valence-corrected chi connectivity index (χ3v) is 5.53. The molecule has 7 heteroatoms. The standard InChI is InChI=1S/C20H18INO4S/c1-25-11-10-22-19(23)18(27-20(22)24)12-15-4-2-3-5-17(15)26-13-14-6-8-16(21)9-7-14/h2-9,12H,10-11,13H2,1H3/b18-12+. The number of halogens is 1. The van der Waals surface area contributed by atoms with E-state index in [1.54, 1.807) is 6.08 Å². The quantitative estimate of drug-likeness (QED) is 0.417. The fourth-order valence-electron chi connectivity index (χ4n) is 2.49. The predicted octanol–water partition coefficient (Wildman–Crippen LogP) is 4.55. The number of rotatable bonds is 7. The number of carbonyl (C=O) groups is 2. The van der Waals surface area contributed by atoms with E-state index in [2.05, 4.69) is 22.6 Å². The summed E-state index contributed by atoms with van der Waals surface area (Å²) < 4.78 is 12.1. The van der Waals surface area contributed by atoms with Crippen LogP contribution in [-0.2, 0) is 16.1 Å². The molecule has 1 aliphatic rings. The van der Waals surface area contributed by atoms with Crippen LogP contribution in [0.4, 0.5) is 4.79 Å². The van der Waals surface area contributed by atoms with Crippen LogP contribution in [-0.4, -0.2) is 36.3 Å². The lowest BCUT2D eigenvalue weighted by molar-refractivity contribution is -0.123. The summed E-state index contributed by atoms with van der Waals surface area (Å²) in [4.78, 5) is 26.1. The number of hydrogen-bond acceptors (Lipinski definition) is 5. The molecule has 1 heterocycles. The first-order chi connectivity index (χ1) is 13.1. The summed E-state index contributed by atoms with van der Waals surface area (Å²) in [5.41, 5.74) is 1.82. The highest BCUT2D eigenvalue weighted by molar-refractivity contribution is 14.1. The van der Waals surface area contributed by atoms with E-state index < -0.39 is 0 Å². The van der Waals surface area contributed by atoms with E-state index in [1.165, 1.54) is 15.6 Å². The van der Waals surface area contributed by atoms with Gasteiger partial charge in [-0.1, -0.05) is 30.3 Å². The summed E-state index contributed by atoms with van der Waals surface area (Å²) in [7, 11) is 1.54. The number of para-hydroxylation sites is 1. The van der Waals surface area contributed by atoms with Gasteiger partial charge in [0.2, 0.25) is 0 Å². The van der Waals surface area contributed by atoms with Crippen molar-refractivity contribution >= 4 is 51.6 Å². The number of ether oxygens (including phenoxy) is 2. The number of amides is 2. The maximum Gasteiger partial charge on any atom is 0.293 e. The van der Waals surface area contributed by atoms with Crippen molar-refractivity contribution in [3.63, 3.8) is 0 Å². The highest BCUT2D eigenvalue weighted by atomic mass is 127. The molecule has 3 rings (SSSR count). The average Bonchev–Trinajstić information content (AvgIpc) is 2.93. The topological polar surface area (TPSA) is 55.8 Å². The fraction of sp³-hybridized carbons (Fsp3) is 0.200. The minimum absolute atomic E-state index is 0.253. The summed E-state index contributed by atoms with van der Waals surface area (Å²) in [5.74, 6) is 0.370. The lowest BCUT2D eigenvalue weighted by Gasteiger charge is -2.11. The van der Waals surface area contributed by atoms with Gasteiger partial charge >= 0.3 is 0 Å². The zero-order valence-corrected chi connectivity index (χ0v) is 17.7. The highest BCUT2D eigenvalue weighted by Crippen LogP contribution is 2.34. The number of imide groups is 1. The zero-order chi connectivity index (χ0) is 19.2. The van der Waals surface area contributed by atoms with Gasteiger partial charge in [-0.25, -0.2) is 0 Å². The first kappa shape index (κ1) is 19.9. The number of benzene rings is 2. The summed E-state index contributed by atoms with van der Waals surface area (Å²) in [5, 5.41) is -0.277. The summed E-state index contributed by atoms with van der Waals surface area (Å²) >= 11 is 3.20. The Bertz CT molecular complexity index is 867. The minimum atomic E-state index is -0.297. The van der Waals surface area contributed by atoms with Crippen molar-refractivity contribution in [1.29, 1.82) is 0 Å². The van der Waals surface area contributed by atoms with Crippen LogP contribution in [0.5, 0.6) is 5.75 Å². The summed E-state index contributed by atoms with van der Waals surface area (Å²) in [6.45, 7) is 1.00. The molecule has 0 aliphatic carbocycles. The van der Waals surface area contributed by atoms with E-state index >= 15 is 0 Å². The second kappa shape index (κ2) is 9.38. The van der Waals surface area contributed by atoms with Crippen molar-refractivity contribution in [3.8, 4) is 5.75 Å². The van der Waals surface area contributed by atoms with Gasteiger partial charge in [-0.3, -0.25) is 14.5 Å². The Morgan fingerprint density at radius 2 is 1.85 bits per heavy atom. The van der Waals surface area contributed by atoms with Crippen molar-refractivity contribution in [2.75, 3.05) is 20.3 Å². The van der Waals surface area contributed by atoms with Crippen LogP contribution in [0.2, 0.25) is 0 Å².